The molecule has 0 aromatic rings. The van der Waals surface area contributed by atoms with E-state index in [9.17, 15) is 0 Å². The van der Waals surface area contributed by atoms with Crippen LogP contribution in [0.1, 0.15) is 13.8 Å². The van der Waals surface area contributed by atoms with Gasteiger partial charge in [0.2, 0.25) is 0 Å². The van der Waals surface area contributed by atoms with Gasteiger partial charge in [0.15, 0.2) is 0 Å². The number of likely N-dealkylation sites (N-methyl/N-ethyl adjacent to an activating group) is 1. The number of aliphatic hydroxyl groups excluding tert-OH is 2. The van der Waals surface area contributed by atoms with E-state index in [-0.39, 0.29) is 34.6 Å². The summed E-state index contributed by atoms with van der Waals surface area (Å²) in [6, 6.07) is 0. The fraction of sp³-hybridized carbons (Fsp3) is 1.00. The van der Waals surface area contributed by atoms with Crippen molar-refractivity contribution in [2.24, 2.45) is 0 Å². The van der Waals surface area contributed by atoms with Gasteiger partial charge in [0.1, 0.15) is 0 Å². The van der Waals surface area contributed by atoms with Crippen LogP contribution < -0.4 is 0 Å². The number of hydrogen-bond donors (Lipinski definition) is 2. The molecule has 1 radical (unpaired) electrons. The topological polar surface area (TPSA) is 104 Å². The first-order valence-electron chi connectivity index (χ1n) is 3.75. The van der Waals surface area contributed by atoms with Gasteiger partial charge in [-0.3, -0.25) is 0 Å². The molecule has 0 saturated heterocycles. The Bertz CT molecular complexity index is 82.9. The van der Waals surface area contributed by atoms with E-state index in [0.29, 0.717) is 6.54 Å². The first-order valence-corrected chi connectivity index (χ1v) is 3.75. The van der Waals surface area contributed by atoms with E-state index < -0.39 is 6.10 Å². The second kappa shape index (κ2) is 14.8. The average Bonchev–Trinajstić information content (AvgIpc) is 1.99. The Morgan fingerprint density at radius 1 is 1.15 bits per heavy atom. The second-order valence-corrected chi connectivity index (χ2v) is 2.32. The summed E-state index contributed by atoms with van der Waals surface area (Å²) in [5.41, 5.74) is 0. The van der Waals surface area contributed by atoms with Crippen LogP contribution in [0.15, 0.2) is 0 Å². The molecule has 6 heteroatoms. The largest absolute Gasteiger partial charge is 2.00 e. The molecule has 0 heterocycles. The maximum absolute atomic E-state index is 9.00. The van der Waals surface area contributed by atoms with Crippen LogP contribution in [0, 0.1) is 0 Å². The van der Waals surface area contributed by atoms with Gasteiger partial charge in [0.25, 0.3) is 0 Å². The van der Waals surface area contributed by atoms with Crippen molar-refractivity contribution >= 4 is 0 Å². The molecule has 0 rings (SSSR count). The maximum Gasteiger partial charge on any atom is 2.00 e. The number of hydrogen-bond acceptors (Lipinski definition) is 5. The molecular formula is C7H19CuNO4. The Hall–Kier alpha value is 0.319. The Balaban J connectivity index is -0.000000135. The van der Waals surface area contributed by atoms with E-state index in [1.807, 2.05) is 13.8 Å². The summed E-state index contributed by atoms with van der Waals surface area (Å²) in [6.07, 6.45) is -0.583. The van der Waals surface area contributed by atoms with Crippen molar-refractivity contribution in [3.05, 3.63) is 0 Å². The number of rotatable bonds is 5. The van der Waals surface area contributed by atoms with Gasteiger partial charge in [-0.05, 0) is 13.1 Å². The van der Waals surface area contributed by atoms with E-state index in [4.69, 9.17) is 10.2 Å². The van der Waals surface area contributed by atoms with E-state index in [1.165, 1.54) is 0 Å². The van der Waals surface area contributed by atoms with Crippen molar-refractivity contribution in [1.29, 1.82) is 0 Å². The molecule has 0 bridgehead atoms. The van der Waals surface area contributed by atoms with Gasteiger partial charge in [0, 0.05) is 6.54 Å². The van der Waals surface area contributed by atoms with Gasteiger partial charge >= 0.3 is 17.1 Å². The van der Waals surface area contributed by atoms with Gasteiger partial charge in [-0.15, -0.1) is 0 Å². The summed E-state index contributed by atoms with van der Waals surface area (Å²) >= 11 is 0. The van der Waals surface area contributed by atoms with E-state index >= 15 is 0 Å². The SMILES string of the molecule is CCN(CC)CC(O)CO.[Cu+2].[OH-].[OH-]. The van der Waals surface area contributed by atoms with Crippen molar-refractivity contribution in [2.75, 3.05) is 26.2 Å². The predicted octanol–water partition coefficient (Wildman–Crippen LogP) is -0.675. The zero-order valence-corrected chi connectivity index (χ0v) is 8.89. The first-order chi connectivity index (χ1) is 4.74. The summed E-state index contributed by atoms with van der Waals surface area (Å²) in [6.45, 7) is 6.35. The Morgan fingerprint density at radius 2 is 1.54 bits per heavy atom. The smallest absolute Gasteiger partial charge is 0.870 e. The molecule has 0 fully saturated rings. The van der Waals surface area contributed by atoms with Gasteiger partial charge in [-0.2, -0.15) is 0 Å². The minimum absolute atomic E-state index is 0. The maximum atomic E-state index is 9.00. The second-order valence-electron chi connectivity index (χ2n) is 2.32. The molecule has 87 valence electrons. The van der Waals surface area contributed by atoms with E-state index in [0.717, 1.165) is 13.1 Å². The van der Waals surface area contributed by atoms with E-state index in [1.54, 1.807) is 0 Å². The van der Waals surface area contributed by atoms with Crippen LogP contribution in [0.3, 0.4) is 0 Å². The molecule has 1 atom stereocenters. The predicted molar refractivity (Wildman–Crippen MR) is 44.8 cm³/mol. The molecule has 0 amide bonds. The van der Waals surface area contributed by atoms with Crippen LogP contribution in [0.2, 0.25) is 0 Å². The number of aliphatic hydroxyl groups is 2. The van der Waals surface area contributed by atoms with Gasteiger partial charge < -0.3 is 26.1 Å². The third-order valence-electron chi connectivity index (χ3n) is 1.57. The van der Waals surface area contributed by atoms with Gasteiger partial charge in [-0.25, -0.2) is 0 Å². The molecule has 0 saturated carbocycles. The summed E-state index contributed by atoms with van der Waals surface area (Å²) in [5.74, 6) is 0. The summed E-state index contributed by atoms with van der Waals surface area (Å²) in [5, 5.41) is 17.5. The average molecular weight is 245 g/mol. The molecule has 0 aliphatic heterocycles. The molecular weight excluding hydrogens is 226 g/mol. The minimum Gasteiger partial charge on any atom is -0.870 e. The normalized spacial score (nSPS) is 10.8. The van der Waals surface area contributed by atoms with Crippen LogP contribution >= 0.6 is 0 Å². The molecule has 0 spiro atoms. The van der Waals surface area contributed by atoms with Crippen molar-refractivity contribution in [3.8, 4) is 0 Å². The van der Waals surface area contributed by atoms with Crippen molar-refractivity contribution < 1.29 is 38.2 Å². The van der Waals surface area contributed by atoms with Crippen LogP contribution in [0.4, 0.5) is 0 Å². The Morgan fingerprint density at radius 3 is 1.77 bits per heavy atom. The molecule has 0 aliphatic carbocycles. The summed E-state index contributed by atoms with van der Waals surface area (Å²) < 4.78 is 0. The standard InChI is InChI=1S/C7H17NO2.Cu.2H2O/c1-3-8(4-2)5-7(10)6-9;;;/h7,9-10H,3-6H2,1-2H3;;2*1H2/q;+2;;/p-2. The first kappa shape index (κ1) is 23.3. The zero-order valence-electron chi connectivity index (χ0n) is 7.94. The Labute approximate surface area is 89.8 Å². The molecule has 1 unspecified atom stereocenters. The third-order valence-corrected chi connectivity index (χ3v) is 1.57. The molecule has 0 aromatic carbocycles. The molecule has 0 aromatic heterocycles. The van der Waals surface area contributed by atoms with Crippen molar-refractivity contribution in [3.63, 3.8) is 0 Å². The van der Waals surface area contributed by atoms with Crippen molar-refractivity contribution in [2.45, 2.75) is 20.0 Å². The fourth-order valence-corrected chi connectivity index (χ4v) is 0.838. The Kier molecular flexibility index (Phi) is 26.5. The quantitative estimate of drug-likeness (QED) is 0.624. The molecule has 4 N–H and O–H groups in total. The van der Waals surface area contributed by atoms with Crippen LogP contribution in [0.25, 0.3) is 0 Å². The van der Waals surface area contributed by atoms with Gasteiger partial charge in [-0.1, -0.05) is 13.8 Å². The van der Waals surface area contributed by atoms with Crippen LogP contribution in [0.5, 0.6) is 0 Å². The van der Waals surface area contributed by atoms with Crippen molar-refractivity contribution in [1.82, 2.24) is 4.90 Å². The zero-order chi connectivity index (χ0) is 7.98. The summed E-state index contributed by atoms with van der Waals surface area (Å²) in [7, 11) is 0. The van der Waals surface area contributed by atoms with Gasteiger partial charge in [0.05, 0.1) is 12.7 Å². The minimum atomic E-state index is -0.583. The molecule has 13 heavy (non-hydrogen) atoms. The monoisotopic (exact) mass is 244 g/mol. The third kappa shape index (κ3) is 12.3. The number of nitrogens with zero attached hydrogens (tertiary/aromatic N) is 1. The van der Waals surface area contributed by atoms with Crippen LogP contribution in [-0.4, -0.2) is 58.4 Å². The molecule has 5 nitrogen and oxygen atoms in total. The van der Waals surface area contributed by atoms with E-state index in [2.05, 4.69) is 4.90 Å². The summed E-state index contributed by atoms with van der Waals surface area (Å²) in [4.78, 5) is 2.07. The van der Waals surface area contributed by atoms with Crippen LogP contribution in [-0.2, 0) is 17.1 Å². The fourth-order valence-electron chi connectivity index (χ4n) is 0.838. The molecule has 0 aliphatic rings.